The summed E-state index contributed by atoms with van der Waals surface area (Å²) in [5.74, 6) is -0.558. The number of carbonyl (C=O) groups excluding carboxylic acids is 2. The van der Waals surface area contributed by atoms with E-state index < -0.39 is 5.97 Å². The Balaban J connectivity index is 1.62. The van der Waals surface area contributed by atoms with Crippen LogP contribution in [-0.4, -0.2) is 39.4 Å². The first-order chi connectivity index (χ1) is 13.5. The average molecular weight is 390 g/mol. The molecule has 28 heavy (non-hydrogen) atoms. The van der Waals surface area contributed by atoms with Crippen LogP contribution in [-0.2, 0) is 20.9 Å². The third kappa shape index (κ3) is 4.85. The quantitative estimate of drug-likeness (QED) is 0.657. The van der Waals surface area contributed by atoms with Crippen molar-refractivity contribution >= 4 is 11.9 Å². The van der Waals surface area contributed by atoms with Crippen LogP contribution in [0.1, 0.15) is 38.6 Å². The van der Waals surface area contributed by atoms with E-state index in [0.29, 0.717) is 11.4 Å². The van der Waals surface area contributed by atoms with Gasteiger partial charge in [0.25, 0.3) is 0 Å². The molecular formula is C19H23FN4O4. The van der Waals surface area contributed by atoms with Crippen LogP contribution in [0.5, 0.6) is 0 Å². The predicted molar refractivity (Wildman–Crippen MR) is 99.0 cm³/mol. The zero-order valence-electron chi connectivity index (χ0n) is 15.7. The molecule has 2 aromatic rings. The minimum atomic E-state index is -0.416. The van der Waals surface area contributed by atoms with Crippen molar-refractivity contribution in [3.8, 4) is 11.4 Å². The predicted octanol–water partition coefficient (Wildman–Crippen LogP) is 1.65. The van der Waals surface area contributed by atoms with Crippen molar-refractivity contribution in [1.29, 1.82) is 0 Å². The molecule has 0 radical (unpaired) electrons. The standard InChI is InChI=1S/C19H23FN4O4/c1-2-28-17(26)10-9-16(25)21-11-12-23-19(27)24(15-7-8-15)18(22-23)13-3-5-14(20)6-4-13/h3-6,15H,2,7-12H2,1H3,(H,21,25). The van der Waals surface area contributed by atoms with Gasteiger partial charge in [-0.25, -0.2) is 13.9 Å². The molecular weight excluding hydrogens is 367 g/mol. The van der Waals surface area contributed by atoms with Gasteiger partial charge < -0.3 is 10.1 Å². The maximum absolute atomic E-state index is 13.2. The van der Waals surface area contributed by atoms with E-state index in [4.69, 9.17) is 4.74 Å². The van der Waals surface area contributed by atoms with Crippen LogP contribution < -0.4 is 11.0 Å². The monoisotopic (exact) mass is 390 g/mol. The lowest BCUT2D eigenvalue weighted by molar-refractivity contribution is -0.144. The normalized spacial score (nSPS) is 13.4. The number of carbonyl (C=O) groups is 2. The van der Waals surface area contributed by atoms with Gasteiger partial charge in [-0.1, -0.05) is 0 Å². The molecule has 0 unspecified atom stereocenters. The number of benzene rings is 1. The van der Waals surface area contributed by atoms with Crippen LogP contribution in [0.4, 0.5) is 4.39 Å². The Bertz CT molecular complexity index is 900. The van der Waals surface area contributed by atoms with Crippen molar-refractivity contribution in [1.82, 2.24) is 19.7 Å². The highest BCUT2D eigenvalue weighted by Gasteiger charge is 2.30. The van der Waals surface area contributed by atoms with E-state index in [2.05, 4.69) is 10.4 Å². The van der Waals surface area contributed by atoms with Crippen LogP contribution in [0.3, 0.4) is 0 Å². The summed E-state index contributed by atoms with van der Waals surface area (Å²) in [5, 5.41) is 7.06. The first-order valence-corrected chi connectivity index (χ1v) is 9.37. The lowest BCUT2D eigenvalue weighted by Gasteiger charge is -2.05. The van der Waals surface area contributed by atoms with Crippen LogP contribution >= 0.6 is 0 Å². The number of nitrogens with one attached hydrogen (secondary N) is 1. The van der Waals surface area contributed by atoms with Crippen molar-refractivity contribution in [2.45, 2.75) is 45.2 Å². The first-order valence-electron chi connectivity index (χ1n) is 9.37. The maximum Gasteiger partial charge on any atom is 0.346 e. The highest BCUT2D eigenvalue weighted by Crippen LogP contribution is 2.36. The number of halogens is 1. The molecule has 0 bridgehead atoms. The second-order valence-electron chi connectivity index (χ2n) is 6.59. The van der Waals surface area contributed by atoms with Crippen LogP contribution in [0, 0.1) is 5.82 Å². The topological polar surface area (TPSA) is 95.2 Å². The first kappa shape index (κ1) is 19.8. The van der Waals surface area contributed by atoms with Crippen molar-refractivity contribution in [2.24, 2.45) is 0 Å². The van der Waals surface area contributed by atoms with Gasteiger partial charge in [0.1, 0.15) is 5.82 Å². The summed E-state index contributed by atoms with van der Waals surface area (Å²) < 4.78 is 20.9. The number of amides is 1. The van der Waals surface area contributed by atoms with E-state index in [1.54, 1.807) is 23.6 Å². The number of esters is 1. The lowest BCUT2D eigenvalue weighted by atomic mass is 10.2. The number of hydrogen-bond acceptors (Lipinski definition) is 5. The molecule has 150 valence electrons. The summed E-state index contributed by atoms with van der Waals surface area (Å²) in [4.78, 5) is 35.8. The fourth-order valence-corrected chi connectivity index (χ4v) is 2.86. The third-order valence-corrected chi connectivity index (χ3v) is 4.39. The van der Waals surface area contributed by atoms with Gasteiger partial charge in [-0.2, -0.15) is 0 Å². The average Bonchev–Trinajstić information content (AvgIpc) is 3.45. The molecule has 1 N–H and O–H groups in total. The molecule has 0 saturated heterocycles. The van der Waals surface area contributed by atoms with Crippen molar-refractivity contribution in [3.63, 3.8) is 0 Å². The Morgan fingerprint density at radius 1 is 1.25 bits per heavy atom. The summed E-state index contributed by atoms with van der Waals surface area (Å²) >= 11 is 0. The van der Waals surface area contributed by atoms with Gasteiger partial charge in [0.2, 0.25) is 5.91 Å². The summed E-state index contributed by atoms with van der Waals surface area (Å²) in [6.07, 6.45) is 1.87. The summed E-state index contributed by atoms with van der Waals surface area (Å²) in [6.45, 7) is 2.41. The summed E-state index contributed by atoms with van der Waals surface area (Å²) in [7, 11) is 0. The van der Waals surface area contributed by atoms with E-state index in [0.717, 1.165) is 12.8 Å². The lowest BCUT2D eigenvalue weighted by Crippen LogP contribution is -2.32. The van der Waals surface area contributed by atoms with E-state index in [1.807, 2.05) is 0 Å². The smallest absolute Gasteiger partial charge is 0.346 e. The van der Waals surface area contributed by atoms with E-state index in [1.165, 1.54) is 16.8 Å². The molecule has 1 amide bonds. The Hall–Kier alpha value is -2.97. The zero-order valence-corrected chi connectivity index (χ0v) is 15.7. The SMILES string of the molecule is CCOC(=O)CCC(=O)NCCn1nc(-c2ccc(F)cc2)n(C2CC2)c1=O. The Labute approximate surface area is 161 Å². The number of aromatic nitrogens is 3. The maximum atomic E-state index is 13.2. The molecule has 0 spiro atoms. The van der Waals surface area contributed by atoms with E-state index >= 15 is 0 Å². The van der Waals surface area contributed by atoms with Crippen molar-refractivity contribution < 1.29 is 18.7 Å². The molecule has 1 aliphatic rings. The van der Waals surface area contributed by atoms with Gasteiger partial charge in [0.15, 0.2) is 5.82 Å². The zero-order chi connectivity index (χ0) is 20.1. The molecule has 0 aliphatic heterocycles. The van der Waals surface area contributed by atoms with Crippen LogP contribution in [0.15, 0.2) is 29.1 Å². The van der Waals surface area contributed by atoms with Gasteiger partial charge in [-0.15, -0.1) is 5.10 Å². The minimum Gasteiger partial charge on any atom is -0.466 e. The fraction of sp³-hybridized carbons (Fsp3) is 0.474. The molecule has 8 nitrogen and oxygen atoms in total. The van der Waals surface area contributed by atoms with E-state index in [9.17, 15) is 18.8 Å². The summed E-state index contributed by atoms with van der Waals surface area (Å²) in [6, 6.07) is 5.97. The van der Waals surface area contributed by atoms with Gasteiger partial charge in [-0.3, -0.25) is 14.2 Å². The number of nitrogens with zero attached hydrogens (tertiary/aromatic N) is 3. The minimum absolute atomic E-state index is 0.0185. The highest BCUT2D eigenvalue weighted by atomic mass is 19.1. The molecule has 1 heterocycles. The van der Waals surface area contributed by atoms with Crippen LogP contribution in [0.25, 0.3) is 11.4 Å². The van der Waals surface area contributed by atoms with Gasteiger partial charge in [-0.05, 0) is 44.0 Å². The Kier molecular flexibility index (Phi) is 6.23. The molecule has 1 saturated carbocycles. The number of ether oxygens (including phenoxy) is 1. The van der Waals surface area contributed by atoms with Crippen molar-refractivity contribution in [3.05, 3.63) is 40.6 Å². The largest absolute Gasteiger partial charge is 0.466 e. The molecule has 3 rings (SSSR count). The fourth-order valence-electron chi connectivity index (χ4n) is 2.86. The second kappa shape index (κ2) is 8.81. The molecule has 0 atom stereocenters. The Morgan fingerprint density at radius 2 is 1.96 bits per heavy atom. The van der Waals surface area contributed by atoms with Crippen LogP contribution in [0.2, 0.25) is 0 Å². The van der Waals surface area contributed by atoms with Gasteiger partial charge in [0, 0.05) is 24.6 Å². The molecule has 1 fully saturated rings. The Morgan fingerprint density at radius 3 is 2.61 bits per heavy atom. The van der Waals surface area contributed by atoms with E-state index in [-0.39, 0.29) is 56.0 Å². The molecule has 9 heteroatoms. The molecule has 1 aromatic heterocycles. The molecule has 1 aliphatic carbocycles. The van der Waals surface area contributed by atoms with Gasteiger partial charge >= 0.3 is 11.7 Å². The number of hydrogen-bond donors (Lipinski definition) is 1. The third-order valence-electron chi connectivity index (χ3n) is 4.39. The van der Waals surface area contributed by atoms with Gasteiger partial charge in [0.05, 0.1) is 19.6 Å². The highest BCUT2D eigenvalue weighted by molar-refractivity contribution is 5.81. The molecule has 1 aromatic carbocycles. The van der Waals surface area contributed by atoms with Crippen molar-refractivity contribution in [2.75, 3.05) is 13.2 Å². The summed E-state index contributed by atoms with van der Waals surface area (Å²) in [5.41, 5.74) is 0.421. The second-order valence-corrected chi connectivity index (χ2v) is 6.59. The number of rotatable bonds is 9.